The van der Waals surface area contributed by atoms with E-state index in [0.29, 0.717) is 9.26 Å². The number of carbonyl (C=O) groups excluding carboxylic acids is 1. The van der Waals surface area contributed by atoms with Gasteiger partial charge in [-0.15, -0.1) is 0 Å². The van der Waals surface area contributed by atoms with E-state index in [4.69, 9.17) is 4.74 Å². The topological polar surface area (TPSA) is 51.2 Å². The van der Waals surface area contributed by atoms with Crippen LogP contribution in [0.1, 0.15) is 10.4 Å². The normalized spacial score (nSPS) is 14.3. The Morgan fingerprint density at radius 3 is 2.32 bits per heavy atom. The Bertz CT molecular complexity index is 784. The van der Waals surface area contributed by atoms with E-state index in [9.17, 15) is 24.2 Å². The van der Waals surface area contributed by atoms with Crippen LogP contribution in [0.3, 0.4) is 0 Å². The molecule has 0 radical (unpaired) electrons. The largest absolute Gasteiger partial charge is 0.492 e. The second-order valence-electron chi connectivity index (χ2n) is 4.91. The Kier molecular flexibility index (Phi) is 4.94. The summed E-state index contributed by atoms with van der Waals surface area (Å²) in [7, 11) is -9.67. The summed E-state index contributed by atoms with van der Waals surface area (Å²) in [6.45, 7) is 0.0463. The highest BCUT2D eigenvalue weighted by Gasteiger charge is 2.65. The quantitative estimate of drug-likeness (QED) is 0.262. The molecule has 4 nitrogen and oxygen atoms in total. The molecule has 0 saturated carbocycles. The molecule has 0 atom stereocenters. The van der Waals surface area contributed by atoms with E-state index >= 15 is 0 Å². The second-order valence-corrected chi connectivity index (χ2v) is 8.43. The number of aromatic nitrogens is 1. The molecule has 11 heteroatoms. The van der Waals surface area contributed by atoms with E-state index < -0.39 is 15.1 Å². The fourth-order valence-electron chi connectivity index (χ4n) is 1.77. The maximum atomic E-state index is 12.6. The first-order chi connectivity index (χ1) is 11.3. The van der Waals surface area contributed by atoms with Gasteiger partial charge in [-0.1, -0.05) is 19.4 Å². The fourth-order valence-corrected chi connectivity index (χ4v) is 2.92. The Morgan fingerprint density at radius 1 is 1.12 bits per heavy atom. The number of benzene rings is 1. The molecule has 1 heterocycles. The maximum absolute atomic E-state index is 12.6. The number of nitrogens with zero attached hydrogens (tertiary/aromatic N) is 1. The van der Waals surface area contributed by atoms with Crippen LogP contribution in [0.2, 0.25) is 0 Å². The summed E-state index contributed by atoms with van der Waals surface area (Å²) in [4.78, 5) is 13.8. The van der Waals surface area contributed by atoms with Gasteiger partial charge < -0.3 is 10.1 Å². The van der Waals surface area contributed by atoms with Crippen molar-refractivity contribution in [3.05, 3.63) is 51.9 Å². The van der Waals surface area contributed by atoms with Gasteiger partial charge in [-0.3, -0.25) is 9.78 Å². The SMILES string of the molecule is O=C(NCCOc1ccc(S(F)(F)(F)(F)F)cc1)c1ccnc(I)c1. The molecule has 0 spiro atoms. The van der Waals surface area contributed by atoms with Crippen LogP contribution in [0.5, 0.6) is 5.75 Å². The third-order valence-electron chi connectivity index (χ3n) is 2.91. The zero-order valence-electron chi connectivity index (χ0n) is 12.4. The van der Waals surface area contributed by atoms with Crippen molar-refractivity contribution in [2.75, 3.05) is 13.2 Å². The van der Waals surface area contributed by atoms with E-state index in [1.54, 1.807) is 6.07 Å². The molecule has 0 aliphatic carbocycles. The number of hydrogen-bond donors (Lipinski definition) is 1. The molecule has 1 aromatic carbocycles. The number of hydrogen-bond acceptors (Lipinski definition) is 3. The van der Waals surface area contributed by atoms with Crippen LogP contribution in [-0.2, 0) is 0 Å². The average Bonchev–Trinajstić information content (AvgIpc) is 2.49. The summed E-state index contributed by atoms with van der Waals surface area (Å²) in [6, 6.07) is 5.26. The lowest BCUT2D eigenvalue weighted by Crippen LogP contribution is -2.28. The van der Waals surface area contributed by atoms with Crippen LogP contribution in [0, 0.1) is 3.70 Å². The van der Waals surface area contributed by atoms with E-state index in [1.165, 1.54) is 12.3 Å². The third-order valence-corrected chi connectivity index (χ3v) is 4.67. The summed E-state index contributed by atoms with van der Waals surface area (Å²) < 4.78 is 68.6. The highest BCUT2D eigenvalue weighted by atomic mass is 127. The monoisotopic (exact) mass is 494 g/mol. The van der Waals surface area contributed by atoms with Crippen molar-refractivity contribution in [3.8, 4) is 5.75 Å². The second kappa shape index (κ2) is 6.27. The summed E-state index contributed by atoms with van der Waals surface area (Å²) >= 11 is 1.95. The molecule has 25 heavy (non-hydrogen) atoms. The van der Waals surface area contributed by atoms with Gasteiger partial charge in [0.1, 0.15) is 21.0 Å². The third kappa shape index (κ3) is 5.99. The molecule has 2 rings (SSSR count). The van der Waals surface area contributed by atoms with Crippen LogP contribution < -0.4 is 10.1 Å². The number of nitrogens with one attached hydrogen (secondary N) is 1. The number of rotatable bonds is 6. The number of amides is 1. The molecule has 0 unspecified atom stereocenters. The summed E-state index contributed by atoms with van der Waals surface area (Å²) in [5.41, 5.74) is 0.402. The van der Waals surface area contributed by atoms with Gasteiger partial charge in [0.2, 0.25) is 0 Å². The highest BCUT2D eigenvalue weighted by Crippen LogP contribution is 3.02. The number of carbonyl (C=O) groups is 1. The Labute approximate surface area is 153 Å². The first-order valence-corrected chi connectivity index (χ1v) is 9.75. The van der Waals surface area contributed by atoms with Gasteiger partial charge in [-0.25, -0.2) is 0 Å². The number of halogens is 6. The standard InChI is InChI=1S/C14H12F5IN2O2S/c15-25(16,17,18,19)12-3-1-11(2-4-12)24-8-7-22-14(23)10-5-6-21-13(20)9-10/h1-6,9H,7-8H2,(H,22,23). The van der Waals surface area contributed by atoms with Crippen molar-refractivity contribution in [2.24, 2.45) is 0 Å². The van der Waals surface area contributed by atoms with Crippen LogP contribution >= 0.6 is 32.8 Å². The predicted molar refractivity (Wildman–Crippen MR) is 92.6 cm³/mol. The Hall–Kier alpha value is -1.63. The van der Waals surface area contributed by atoms with Crippen molar-refractivity contribution >= 4 is 38.7 Å². The van der Waals surface area contributed by atoms with Crippen molar-refractivity contribution in [2.45, 2.75) is 4.90 Å². The van der Waals surface area contributed by atoms with Gasteiger partial charge in [-0.05, 0) is 59.0 Å². The zero-order chi connectivity index (χ0) is 18.8. The molecular weight excluding hydrogens is 482 g/mol. The van der Waals surface area contributed by atoms with Gasteiger partial charge >= 0.3 is 10.2 Å². The molecule has 138 valence electrons. The Balaban J connectivity index is 1.86. The fraction of sp³-hybridized carbons (Fsp3) is 0.143. The molecule has 0 saturated heterocycles. The van der Waals surface area contributed by atoms with Gasteiger partial charge in [0, 0.05) is 11.8 Å². The molecule has 2 aromatic rings. The highest BCUT2D eigenvalue weighted by molar-refractivity contribution is 14.1. The molecule has 1 aromatic heterocycles. The maximum Gasteiger partial charge on any atom is 0.310 e. The van der Waals surface area contributed by atoms with Crippen LogP contribution in [-0.4, -0.2) is 24.0 Å². The molecule has 1 N–H and O–H groups in total. The molecular formula is C14H12F5IN2O2S. The lowest BCUT2D eigenvalue weighted by Gasteiger charge is -2.40. The lowest BCUT2D eigenvalue weighted by atomic mass is 10.2. The first kappa shape index (κ1) is 19.7. The van der Waals surface area contributed by atoms with Gasteiger partial charge in [0.15, 0.2) is 0 Å². The van der Waals surface area contributed by atoms with Crippen LogP contribution in [0.15, 0.2) is 47.5 Å². The molecule has 0 aliphatic heterocycles. The zero-order valence-corrected chi connectivity index (χ0v) is 15.4. The molecule has 0 bridgehead atoms. The summed E-state index contributed by atoms with van der Waals surface area (Å²) in [5, 5.41) is 2.55. The van der Waals surface area contributed by atoms with Gasteiger partial charge in [-0.2, -0.15) is 0 Å². The minimum atomic E-state index is -9.67. The van der Waals surface area contributed by atoms with Crippen LogP contribution in [0.25, 0.3) is 0 Å². The van der Waals surface area contributed by atoms with E-state index in [-0.39, 0.29) is 36.9 Å². The predicted octanol–water partition coefficient (Wildman–Crippen LogP) is 5.15. The van der Waals surface area contributed by atoms with Gasteiger partial charge in [0.05, 0.1) is 6.54 Å². The minimum Gasteiger partial charge on any atom is -0.492 e. The van der Waals surface area contributed by atoms with Crippen molar-refractivity contribution in [1.29, 1.82) is 0 Å². The molecule has 1 amide bonds. The smallest absolute Gasteiger partial charge is 0.310 e. The lowest BCUT2D eigenvalue weighted by molar-refractivity contribution is 0.0946. The minimum absolute atomic E-state index is 0.0155. The Morgan fingerprint density at radius 2 is 1.76 bits per heavy atom. The first-order valence-electron chi connectivity index (χ1n) is 6.72. The van der Waals surface area contributed by atoms with Crippen LogP contribution in [0.4, 0.5) is 19.4 Å². The average molecular weight is 494 g/mol. The van der Waals surface area contributed by atoms with E-state index in [2.05, 4.69) is 10.3 Å². The van der Waals surface area contributed by atoms with Crippen molar-refractivity contribution < 1.29 is 29.0 Å². The molecule has 0 aliphatic rings. The van der Waals surface area contributed by atoms with Gasteiger partial charge in [0.25, 0.3) is 5.91 Å². The van der Waals surface area contributed by atoms with E-state index in [0.717, 1.165) is 12.1 Å². The summed E-state index contributed by atoms with van der Waals surface area (Å²) in [6.07, 6.45) is 1.48. The molecule has 0 fully saturated rings. The summed E-state index contributed by atoms with van der Waals surface area (Å²) in [5.74, 6) is -0.376. The van der Waals surface area contributed by atoms with Crippen molar-refractivity contribution in [3.63, 3.8) is 0 Å². The van der Waals surface area contributed by atoms with Crippen molar-refractivity contribution in [1.82, 2.24) is 10.3 Å². The van der Waals surface area contributed by atoms with E-state index in [1.807, 2.05) is 22.6 Å². The number of pyridine rings is 1. The number of ether oxygens (including phenoxy) is 1.